The Labute approximate surface area is 200 Å². The van der Waals surface area contributed by atoms with Crippen molar-refractivity contribution in [1.29, 1.82) is 0 Å². The Hall–Kier alpha value is -3.03. The van der Waals surface area contributed by atoms with E-state index in [1.54, 1.807) is 44.4 Å². The molecule has 174 valence electrons. The summed E-state index contributed by atoms with van der Waals surface area (Å²) < 4.78 is 33.6. The van der Waals surface area contributed by atoms with Gasteiger partial charge in [-0.15, -0.1) is 0 Å². The first-order chi connectivity index (χ1) is 15.6. The van der Waals surface area contributed by atoms with E-state index in [9.17, 15) is 13.2 Å². The van der Waals surface area contributed by atoms with Crippen LogP contribution in [0.5, 0.6) is 5.75 Å². The lowest BCUT2D eigenvalue weighted by Gasteiger charge is -2.27. The minimum absolute atomic E-state index is 0.105. The molecule has 0 unspecified atom stereocenters. The number of methoxy groups -OCH3 is 1. The van der Waals surface area contributed by atoms with Crippen LogP contribution < -0.4 is 14.4 Å². The number of nitrogens with zero attached hydrogens (tertiary/aromatic N) is 1. The lowest BCUT2D eigenvalue weighted by atomic mass is 10.1. The van der Waals surface area contributed by atoms with Gasteiger partial charge >= 0.3 is 0 Å². The van der Waals surface area contributed by atoms with E-state index in [-0.39, 0.29) is 10.9 Å². The van der Waals surface area contributed by atoms with Crippen molar-refractivity contribution in [2.24, 2.45) is 0 Å². The van der Waals surface area contributed by atoms with Crippen LogP contribution in [0.4, 0.5) is 5.69 Å². The standard InChI is InChI=1S/C25H27ClN2O4S/c1-17-9-12-21(13-10-17)33(30,31)28(23-14-11-20(26)15-18(23)2)16-25(29)27-19(3)22-7-5-6-8-24(22)32-4/h5-15,19H,16H2,1-4H3,(H,27,29)/t19-/m1/s1. The van der Waals surface area contributed by atoms with Gasteiger partial charge in [-0.2, -0.15) is 0 Å². The average Bonchev–Trinajstić information content (AvgIpc) is 2.78. The van der Waals surface area contributed by atoms with Crippen molar-refractivity contribution < 1.29 is 17.9 Å². The van der Waals surface area contributed by atoms with Crippen molar-refractivity contribution in [3.8, 4) is 5.75 Å². The summed E-state index contributed by atoms with van der Waals surface area (Å²) in [7, 11) is -2.45. The molecule has 0 bridgehead atoms. The van der Waals surface area contributed by atoms with Crippen molar-refractivity contribution in [2.75, 3.05) is 18.0 Å². The third kappa shape index (κ3) is 5.67. The topological polar surface area (TPSA) is 75.7 Å². The number of ether oxygens (including phenoxy) is 1. The molecule has 0 saturated heterocycles. The maximum atomic E-state index is 13.6. The van der Waals surface area contributed by atoms with Crippen molar-refractivity contribution in [3.05, 3.63) is 88.4 Å². The molecule has 33 heavy (non-hydrogen) atoms. The molecule has 0 fully saturated rings. The molecule has 0 aliphatic carbocycles. The van der Waals surface area contributed by atoms with Crippen LogP contribution in [0.3, 0.4) is 0 Å². The zero-order valence-corrected chi connectivity index (χ0v) is 20.6. The summed E-state index contributed by atoms with van der Waals surface area (Å²) in [5.74, 6) is 0.196. The lowest BCUT2D eigenvalue weighted by Crippen LogP contribution is -2.42. The van der Waals surface area contributed by atoms with E-state index in [0.717, 1.165) is 15.4 Å². The Morgan fingerprint density at radius 3 is 2.36 bits per heavy atom. The maximum absolute atomic E-state index is 13.6. The van der Waals surface area contributed by atoms with E-state index < -0.39 is 22.5 Å². The van der Waals surface area contributed by atoms with E-state index >= 15 is 0 Å². The number of amides is 1. The SMILES string of the molecule is COc1ccccc1[C@@H](C)NC(=O)CN(c1ccc(Cl)cc1C)S(=O)(=O)c1ccc(C)cc1. The highest BCUT2D eigenvalue weighted by Gasteiger charge is 2.29. The third-order valence-electron chi connectivity index (χ3n) is 5.31. The normalized spacial score (nSPS) is 12.2. The van der Waals surface area contributed by atoms with Crippen LogP contribution >= 0.6 is 11.6 Å². The number of hydrogen-bond acceptors (Lipinski definition) is 4. The smallest absolute Gasteiger partial charge is 0.264 e. The van der Waals surface area contributed by atoms with E-state index in [1.165, 1.54) is 12.1 Å². The predicted molar refractivity (Wildman–Crippen MR) is 131 cm³/mol. The van der Waals surface area contributed by atoms with Gasteiger partial charge in [0.05, 0.1) is 23.7 Å². The van der Waals surface area contributed by atoms with E-state index in [2.05, 4.69) is 5.32 Å². The summed E-state index contributed by atoms with van der Waals surface area (Å²) in [5.41, 5.74) is 2.76. The van der Waals surface area contributed by atoms with Crippen LogP contribution in [0.25, 0.3) is 0 Å². The Bertz CT molecular complexity index is 1240. The number of carbonyl (C=O) groups is 1. The Morgan fingerprint density at radius 1 is 1.06 bits per heavy atom. The number of benzene rings is 3. The molecule has 8 heteroatoms. The fourth-order valence-electron chi connectivity index (χ4n) is 3.56. The number of sulfonamides is 1. The molecule has 0 aromatic heterocycles. The summed E-state index contributed by atoms with van der Waals surface area (Å²) in [6, 6.07) is 18.4. The van der Waals surface area contributed by atoms with Crippen LogP contribution in [-0.4, -0.2) is 28.0 Å². The van der Waals surface area contributed by atoms with Crippen molar-refractivity contribution in [1.82, 2.24) is 5.32 Å². The highest BCUT2D eigenvalue weighted by molar-refractivity contribution is 7.92. The van der Waals surface area contributed by atoms with Gasteiger partial charge in [0.15, 0.2) is 0 Å². The quantitative estimate of drug-likeness (QED) is 0.484. The van der Waals surface area contributed by atoms with Crippen LogP contribution in [0.1, 0.15) is 29.7 Å². The summed E-state index contributed by atoms with van der Waals surface area (Å²) in [6.07, 6.45) is 0. The minimum atomic E-state index is -4.01. The van der Waals surface area contributed by atoms with Crippen molar-refractivity contribution >= 4 is 33.2 Å². The van der Waals surface area contributed by atoms with E-state index in [1.807, 2.05) is 38.1 Å². The molecule has 1 atom stereocenters. The lowest BCUT2D eigenvalue weighted by molar-refractivity contribution is -0.120. The average molecular weight is 487 g/mol. The van der Waals surface area contributed by atoms with Gasteiger partial charge < -0.3 is 10.1 Å². The fourth-order valence-corrected chi connectivity index (χ4v) is 5.27. The number of anilines is 1. The summed E-state index contributed by atoms with van der Waals surface area (Å²) in [4.78, 5) is 13.1. The first-order valence-electron chi connectivity index (χ1n) is 10.4. The van der Waals surface area contributed by atoms with Gasteiger partial charge in [-0.25, -0.2) is 8.42 Å². The molecule has 0 spiro atoms. The molecule has 3 aromatic carbocycles. The van der Waals surface area contributed by atoms with Gasteiger partial charge in [-0.1, -0.05) is 47.5 Å². The third-order valence-corrected chi connectivity index (χ3v) is 7.32. The Morgan fingerprint density at radius 2 is 1.73 bits per heavy atom. The summed E-state index contributed by atoms with van der Waals surface area (Å²) >= 11 is 6.08. The number of hydrogen-bond donors (Lipinski definition) is 1. The number of aryl methyl sites for hydroxylation is 2. The van der Waals surface area contributed by atoms with Gasteiger partial charge in [-0.3, -0.25) is 9.10 Å². The molecule has 3 rings (SSSR count). The van der Waals surface area contributed by atoms with Crippen molar-refractivity contribution in [3.63, 3.8) is 0 Å². The molecule has 0 saturated carbocycles. The maximum Gasteiger partial charge on any atom is 0.264 e. The highest BCUT2D eigenvalue weighted by Crippen LogP contribution is 2.29. The molecule has 0 heterocycles. The fraction of sp³-hybridized carbons (Fsp3) is 0.240. The zero-order valence-electron chi connectivity index (χ0n) is 19.0. The first kappa shape index (κ1) is 24.6. The number of para-hydroxylation sites is 1. The molecule has 6 nitrogen and oxygen atoms in total. The largest absolute Gasteiger partial charge is 0.496 e. The second-order valence-corrected chi connectivity index (χ2v) is 10.1. The van der Waals surface area contributed by atoms with Gasteiger partial charge in [0.1, 0.15) is 12.3 Å². The molecule has 1 N–H and O–H groups in total. The van der Waals surface area contributed by atoms with Gasteiger partial charge in [-0.05, 0) is 62.7 Å². The van der Waals surface area contributed by atoms with E-state index in [0.29, 0.717) is 22.0 Å². The Kier molecular flexibility index (Phi) is 7.66. The molecular weight excluding hydrogens is 460 g/mol. The molecular formula is C25H27ClN2O4S. The van der Waals surface area contributed by atoms with Crippen LogP contribution in [0, 0.1) is 13.8 Å². The molecule has 0 aliphatic rings. The van der Waals surface area contributed by atoms with Gasteiger partial charge in [0.2, 0.25) is 5.91 Å². The molecule has 1 amide bonds. The second-order valence-electron chi connectivity index (χ2n) is 7.79. The van der Waals surface area contributed by atoms with Crippen molar-refractivity contribution in [2.45, 2.75) is 31.7 Å². The van der Waals surface area contributed by atoms with Gasteiger partial charge in [0, 0.05) is 10.6 Å². The zero-order chi connectivity index (χ0) is 24.2. The molecule has 0 aliphatic heterocycles. The van der Waals surface area contributed by atoms with Crippen LogP contribution in [0.2, 0.25) is 5.02 Å². The Balaban J connectivity index is 1.94. The molecule has 0 radical (unpaired) electrons. The van der Waals surface area contributed by atoms with Gasteiger partial charge in [0.25, 0.3) is 10.0 Å². The number of rotatable bonds is 8. The van der Waals surface area contributed by atoms with Crippen LogP contribution in [-0.2, 0) is 14.8 Å². The van der Waals surface area contributed by atoms with E-state index in [4.69, 9.17) is 16.3 Å². The minimum Gasteiger partial charge on any atom is -0.496 e. The summed E-state index contributed by atoms with van der Waals surface area (Å²) in [6.45, 7) is 5.07. The molecule has 3 aromatic rings. The second kappa shape index (κ2) is 10.3. The van der Waals surface area contributed by atoms with Crippen LogP contribution in [0.15, 0.2) is 71.6 Å². The number of halogens is 1. The number of carbonyl (C=O) groups excluding carboxylic acids is 1. The first-order valence-corrected chi connectivity index (χ1v) is 12.2. The monoisotopic (exact) mass is 486 g/mol. The number of nitrogens with one attached hydrogen (secondary N) is 1. The predicted octanol–water partition coefficient (Wildman–Crippen LogP) is 5.04. The summed E-state index contributed by atoms with van der Waals surface area (Å²) in [5, 5.41) is 3.37. The highest BCUT2D eigenvalue weighted by atomic mass is 35.5.